The number of benzene rings is 1. The van der Waals surface area contributed by atoms with Crippen LogP contribution < -0.4 is 10.3 Å². The molecule has 0 spiro atoms. The molecule has 0 N–H and O–H groups in total. The molecule has 0 aliphatic rings. The lowest BCUT2D eigenvalue weighted by Gasteiger charge is -2.09. The van der Waals surface area contributed by atoms with Crippen molar-refractivity contribution in [2.75, 3.05) is 0 Å². The summed E-state index contributed by atoms with van der Waals surface area (Å²) in [4.78, 5) is 12.2. The van der Waals surface area contributed by atoms with Crippen LogP contribution in [0.25, 0.3) is 0 Å². The molecule has 0 amide bonds. The Kier molecular flexibility index (Phi) is 5.88. The quantitative estimate of drug-likeness (QED) is 0.538. The van der Waals surface area contributed by atoms with Gasteiger partial charge < -0.3 is 9.30 Å². The molecule has 0 aliphatic heterocycles. The van der Waals surface area contributed by atoms with Gasteiger partial charge in [-0.05, 0) is 46.0 Å². The number of aromatic nitrogens is 1. The largest absolute Gasteiger partial charge is 0.489 e. The second-order valence-corrected chi connectivity index (χ2v) is 6.86. The number of hydrogen-bond acceptors (Lipinski definition) is 3. The molecule has 2 heterocycles. The number of rotatable bonds is 7. The molecule has 0 unspecified atom stereocenters. The van der Waals surface area contributed by atoms with Gasteiger partial charge in [-0.3, -0.25) is 4.79 Å². The van der Waals surface area contributed by atoms with E-state index in [0.717, 1.165) is 17.3 Å². The zero-order valence-electron chi connectivity index (χ0n) is 13.2. The third kappa shape index (κ3) is 4.58. The molecule has 2 aromatic heterocycles. The average molecular weight is 404 g/mol. The third-order valence-electron chi connectivity index (χ3n) is 3.77. The molecule has 0 aliphatic carbocycles. The second kappa shape index (κ2) is 8.31. The molecular formula is C19H18BrNO2S. The summed E-state index contributed by atoms with van der Waals surface area (Å²) in [7, 11) is 0. The molecule has 0 radical (unpaired) electrons. The fourth-order valence-corrected chi connectivity index (χ4v) is 3.38. The van der Waals surface area contributed by atoms with Crippen LogP contribution in [-0.4, -0.2) is 4.57 Å². The van der Waals surface area contributed by atoms with Crippen molar-refractivity contribution in [3.8, 4) is 5.75 Å². The summed E-state index contributed by atoms with van der Waals surface area (Å²) in [5.41, 5.74) is 3.57. The third-order valence-corrected chi connectivity index (χ3v) is 5.15. The standard InChI is InChI=1S/C19H18BrNO2S/c20-12-16-3-1-15(2-4-16)5-8-21-9-6-18(11-19(21)22)23-13-17-7-10-24-14-17/h1-4,6-7,9-11,14H,5,8,12-13H2. The number of alkyl halides is 1. The summed E-state index contributed by atoms with van der Waals surface area (Å²) in [6, 6.07) is 13.9. The first kappa shape index (κ1) is 17.0. The molecule has 3 nitrogen and oxygen atoms in total. The molecule has 124 valence electrons. The van der Waals surface area contributed by atoms with Crippen molar-refractivity contribution >= 4 is 27.3 Å². The second-order valence-electron chi connectivity index (χ2n) is 5.51. The van der Waals surface area contributed by atoms with Crippen molar-refractivity contribution in [2.24, 2.45) is 0 Å². The molecule has 5 heteroatoms. The van der Waals surface area contributed by atoms with Gasteiger partial charge in [-0.15, -0.1) is 0 Å². The van der Waals surface area contributed by atoms with Crippen molar-refractivity contribution < 1.29 is 4.74 Å². The van der Waals surface area contributed by atoms with Gasteiger partial charge >= 0.3 is 0 Å². The molecule has 24 heavy (non-hydrogen) atoms. The fourth-order valence-electron chi connectivity index (χ4n) is 2.35. The molecule has 0 atom stereocenters. The van der Waals surface area contributed by atoms with Gasteiger partial charge in [0.2, 0.25) is 0 Å². The predicted octanol–water partition coefficient (Wildman–Crippen LogP) is 4.63. The summed E-state index contributed by atoms with van der Waals surface area (Å²) in [5.74, 6) is 0.615. The summed E-state index contributed by atoms with van der Waals surface area (Å²) in [6.07, 6.45) is 2.63. The Hall–Kier alpha value is -1.85. The minimum absolute atomic E-state index is 0.0325. The van der Waals surface area contributed by atoms with Crippen molar-refractivity contribution in [1.82, 2.24) is 4.57 Å². The van der Waals surface area contributed by atoms with Crippen LogP contribution in [0.5, 0.6) is 5.75 Å². The van der Waals surface area contributed by atoms with Crippen molar-refractivity contribution in [1.29, 1.82) is 0 Å². The number of halogens is 1. The van der Waals surface area contributed by atoms with Crippen LogP contribution >= 0.6 is 27.3 Å². The maximum atomic E-state index is 12.2. The Morgan fingerprint density at radius 1 is 1.04 bits per heavy atom. The van der Waals surface area contributed by atoms with Crippen LogP contribution in [0.3, 0.4) is 0 Å². The van der Waals surface area contributed by atoms with E-state index in [2.05, 4.69) is 40.2 Å². The SMILES string of the molecule is O=c1cc(OCc2ccsc2)ccn1CCc1ccc(CBr)cc1. The lowest BCUT2D eigenvalue weighted by atomic mass is 10.1. The Morgan fingerprint density at radius 2 is 1.83 bits per heavy atom. The van der Waals surface area contributed by atoms with E-state index < -0.39 is 0 Å². The van der Waals surface area contributed by atoms with E-state index >= 15 is 0 Å². The summed E-state index contributed by atoms with van der Waals surface area (Å²) < 4.78 is 7.38. The Labute approximate surface area is 153 Å². The summed E-state index contributed by atoms with van der Waals surface area (Å²) in [6.45, 7) is 1.16. The van der Waals surface area contributed by atoms with Gasteiger partial charge in [0.15, 0.2) is 0 Å². The first-order chi connectivity index (χ1) is 11.7. The van der Waals surface area contributed by atoms with E-state index in [1.807, 2.05) is 22.9 Å². The van der Waals surface area contributed by atoms with Gasteiger partial charge in [-0.25, -0.2) is 0 Å². The maximum Gasteiger partial charge on any atom is 0.254 e. The Morgan fingerprint density at radius 3 is 2.50 bits per heavy atom. The molecule has 0 saturated carbocycles. The number of aryl methyl sites for hydroxylation is 2. The van der Waals surface area contributed by atoms with E-state index in [1.54, 1.807) is 28.2 Å². The highest BCUT2D eigenvalue weighted by Crippen LogP contribution is 2.13. The predicted molar refractivity (Wildman–Crippen MR) is 102 cm³/mol. The van der Waals surface area contributed by atoms with Gasteiger partial charge in [-0.2, -0.15) is 11.3 Å². The summed E-state index contributed by atoms with van der Waals surface area (Å²) >= 11 is 5.08. The van der Waals surface area contributed by atoms with Crippen LogP contribution in [0.2, 0.25) is 0 Å². The lowest BCUT2D eigenvalue weighted by molar-refractivity contribution is 0.305. The van der Waals surface area contributed by atoms with E-state index in [0.29, 0.717) is 18.9 Å². The highest BCUT2D eigenvalue weighted by atomic mass is 79.9. The van der Waals surface area contributed by atoms with Gasteiger partial charge in [0.1, 0.15) is 12.4 Å². The van der Waals surface area contributed by atoms with Crippen molar-refractivity contribution in [2.45, 2.75) is 24.9 Å². The number of pyridine rings is 1. The number of ether oxygens (including phenoxy) is 1. The van der Waals surface area contributed by atoms with Gasteiger partial charge in [0.25, 0.3) is 5.56 Å². The van der Waals surface area contributed by atoms with Gasteiger partial charge in [-0.1, -0.05) is 40.2 Å². The highest BCUT2D eigenvalue weighted by Gasteiger charge is 2.02. The topological polar surface area (TPSA) is 31.2 Å². The van der Waals surface area contributed by atoms with E-state index in [1.165, 1.54) is 11.1 Å². The van der Waals surface area contributed by atoms with E-state index in [-0.39, 0.29) is 5.56 Å². The summed E-state index contributed by atoms with van der Waals surface area (Å²) in [5, 5.41) is 4.92. The number of thiophene rings is 1. The normalized spacial score (nSPS) is 10.7. The fraction of sp³-hybridized carbons (Fsp3) is 0.211. The van der Waals surface area contributed by atoms with Crippen LogP contribution in [0.1, 0.15) is 16.7 Å². The van der Waals surface area contributed by atoms with Gasteiger partial charge in [0.05, 0.1) is 0 Å². The first-order valence-corrected chi connectivity index (χ1v) is 9.79. The maximum absolute atomic E-state index is 12.2. The van der Waals surface area contributed by atoms with Crippen LogP contribution in [0.15, 0.2) is 64.2 Å². The Bertz CT molecular complexity index is 825. The molecule has 0 bridgehead atoms. The van der Waals surface area contributed by atoms with Crippen molar-refractivity contribution in [3.63, 3.8) is 0 Å². The molecule has 1 aromatic carbocycles. The Balaban J connectivity index is 1.58. The average Bonchev–Trinajstić information content (AvgIpc) is 3.13. The number of nitrogens with zero attached hydrogens (tertiary/aromatic N) is 1. The van der Waals surface area contributed by atoms with Gasteiger partial charge in [0, 0.05) is 24.1 Å². The zero-order valence-corrected chi connectivity index (χ0v) is 15.6. The van der Waals surface area contributed by atoms with Crippen LogP contribution in [0, 0.1) is 0 Å². The van der Waals surface area contributed by atoms with Crippen molar-refractivity contribution in [3.05, 3.63) is 86.5 Å². The molecular weight excluding hydrogens is 386 g/mol. The van der Waals surface area contributed by atoms with Crippen LogP contribution in [-0.2, 0) is 24.9 Å². The smallest absolute Gasteiger partial charge is 0.254 e. The van der Waals surface area contributed by atoms with E-state index in [4.69, 9.17) is 4.74 Å². The molecule has 0 saturated heterocycles. The first-order valence-electron chi connectivity index (χ1n) is 7.73. The van der Waals surface area contributed by atoms with Crippen LogP contribution in [0.4, 0.5) is 0 Å². The zero-order chi connectivity index (χ0) is 16.8. The minimum Gasteiger partial charge on any atom is -0.489 e. The molecule has 3 rings (SSSR count). The molecule has 0 fully saturated rings. The highest BCUT2D eigenvalue weighted by molar-refractivity contribution is 9.08. The lowest BCUT2D eigenvalue weighted by Crippen LogP contribution is -2.19. The van der Waals surface area contributed by atoms with E-state index in [9.17, 15) is 4.79 Å². The number of hydrogen-bond donors (Lipinski definition) is 0. The monoisotopic (exact) mass is 403 g/mol. The molecule has 3 aromatic rings. The minimum atomic E-state index is -0.0325.